The molecule has 0 amide bonds. The lowest BCUT2D eigenvalue weighted by atomic mass is 9.83. The summed E-state index contributed by atoms with van der Waals surface area (Å²) < 4.78 is 185. The molecule has 18 heteroatoms. The topological polar surface area (TPSA) is 52.0 Å². The highest BCUT2D eigenvalue weighted by Crippen LogP contribution is 2.62. The van der Waals surface area contributed by atoms with Crippen molar-refractivity contribution in [1.29, 1.82) is 0 Å². The highest BCUT2D eigenvalue weighted by molar-refractivity contribution is 5.85. The van der Waals surface area contributed by atoms with E-state index in [1.165, 1.54) is 0 Å². The van der Waals surface area contributed by atoms with Gasteiger partial charge in [-0.25, -0.2) is 4.39 Å². The van der Waals surface area contributed by atoms with Gasteiger partial charge in [-0.15, -0.1) is 24.8 Å². The van der Waals surface area contributed by atoms with Gasteiger partial charge < -0.3 is 11.5 Å². The Hall–Kier alpha value is -0.480. The van der Waals surface area contributed by atoms with Gasteiger partial charge in [0.05, 0.1) is 0 Å². The van der Waals surface area contributed by atoms with E-state index in [1.54, 1.807) is 0 Å². The van der Waals surface area contributed by atoms with Gasteiger partial charge in [-0.1, -0.05) is 0 Å². The molecule has 0 spiro atoms. The van der Waals surface area contributed by atoms with Crippen molar-refractivity contribution < 1.29 is 61.5 Å². The van der Waals surface area contributed by atoms with Crippen LogP contribution >= 0.6 is 24.8 Å². The number of halogens is 16. The monoisotopic (exact) mass is 510 g/mol. The van der Waals surface area contributed by atoms with Crippen LogP contribution in [-0.4, -0.2) is 54.5 Å². The molecule has 180 valence electrons. The Morgan fingerprint density at radius 3 is 1.03 bits per heavy atom. The lowest BCUT2D eigenvalue weighted by molar-refractivity contribution is -0.434. The van der Waals surface area contributed by atoms with Crippen LogP contribution < -0.4 is 11.5 Å². The predicted octanol–water partition coefficient (Wildman–Crippen LogP) is 4.97. The van der Waals surface area contributed by atoms with E-state index in [1.807, 2.05) is 0 Å². The second kappa shape index (κ2) is 9.34. The predicted molar refractivity (Wildman–Crippen MR) is 76.5 cm³/mol. The van der Waals surface area contributed by atoms with E-state index >= 15 is 0 Å². The summed E-state index contributed by atoms with van der Waals surface area (Å²) in [7, 11) is 0. The van der Waals surface area contributed by atoms with Gasteiger partial charge in [0.15, 0.2) is 0 Å². The Bertz CT molecular complexity index is 524. The van der Waals surface area contributed by atoms with Crippen molar-refractivity contribution >= 4 is 24.8 Å². The highest BCUT2D eigenvalue weighted by Gasteiger charge is 2.91. The van der Waals surface area contributed by atoms with Gasteiger partial charge in [-0.3, -0.25) is 0 Å². The fourth-order valence-electron chi connectivity index (χ4n) is 1.89. The molecule has 0 aliphatic carbocycles. The second-order valence-electron chi connectivity index (χ2n) is 5.38. The molecular formula is C11H14Cl2F14N2. The first-order valence-electron chi connectivity index (χ1n) is 6.67. The third kappa shape index (κ3) is 4.74. The quantitative estimate of drug-likeness (QED) is 0.430. The molecule has 0 radical (unpaired) electrons. The van der Waals surface area contributed by atoms with E-state index in [0.717, 1.165) is 0 Å². The van der Waals surface area contributed by atoms with Crippen molar-refractivity contribution in [3.8, 4) is 0 Å². The van der Waals surface area contributed by atoms with Crippen LogP contribution in [0.4, 0.5) is 61.5 Å². The Labute approximate surface area is 166 Å². The zero-order chi connectivity index (χ0) is 22.3. The van der Waals surface area contributed by atoms with E-state index in [-0.39, 0.29) is 24.8 Å². The number of hydrogen-bond donors (Lipinski definition) is 2. The zero-order valence-electron chi connectivity index (χ0n) is 13.6. The molecule has 1 unspecified atom stereocenters. The van der Waals surface area contributed by atoms with Crippen LogP contribution in [0, 0.1) is 0 Å². The maximum absolute atomic E-state index is 13.7. The molecule has 1 atom stereocenters. The summed E-state index contributed by atoms with van der Waals surface area (Å²) in [5.41, 5.74) is 2.24. The molecule has 0 fully saturated rings. The van der Waals surface area contributed by atoms with Crippen LogP contribution in [0.5, 0.6) is 0 Å². The van der Waals surface area contributed by atoms with Crippen molar-refractivity contribution in [2.45, 2.75) is 54.3 Å². The molecule has 4 N–H and O–H groups in total. The average Bonchev–Trinajstić information content (AvgIpc) is 2.45. The van der Waals surface area contributed by atoms with Crippen LogP contribution in [0.3, 0.4) is 0 Å². The maximum atomic E-state index is 13.7. The molecule has 2 nitrogen and oxygen atoms in total. The smallest absolute Gasteiger partial charge is 0.330 e. The summed E-state index contributed by atoms with van der Waals surface area (Å²) in [5.74, 6) is -36.8. The molecule has 0 saturated carbocycles. The Morgan fingerprint density at radius 1 is 0.448 bits per heavy atom. The number of rotatable bonds is 9. The Morgan fingerprint density at radius 2 is 0.759 bits per heavy atom. The fraction of sp³-hybridized carbons (Fsp3) is 1.00. The van der Waals surface area contributed by atoms with Crippen molar-refractivity contribution in [1.82, 2.24) is 0 Å². The molecule has 0 aliphatic rings. The molecule has 0 aromatic carbocycles. The molecule has 29 heavy (non-hydrogen) atoms. The van der Waals surface area contributed by atoms with Crippen LogP contribution in [0.15, 0.2) is 0 Å². The summed E-state index contributed by atoms with van der Waals surface area (Å²) >= 11 is 0. The van der Waals surface area contributed by atoms with Crippen molar-refractivity contribution in [2.75, 3.05) is 13.1 Å². The minimum atomic E-state index is -7.92. The first-order valence-corrected chi connectivity index (χ1v) is 6.67. The fourth-order valence-corrected chi connectivity index (χ4v) is 1.89. The second-order valence-corrected chi connectivity index (χ2v) is 5.38. The largest absolute Gasteiger partial charge is 0.428 e. The molecule has 0 heterocycles. The van der Waals surface area contributed by atoms with Gasteiger partial charge in [0.1, 0.15) is 0 Å². The van der Waals surface area contributed by atoms with E-state index in [0.29, 0.717) is 0 Å². The molecule has 0 aliphatic heterocycles. The zero-order valence-corrected chi connectivity index (χ0v) is 15.2. The van der Waals surface area contributed by atoms with E-state index in [2.05, 4.69) is 11.5 Å². The molecule has 0 saturated heterocycles. The van der Waals surface area contributed by atoms with Gasteiger partial charge in [0, 0.05) is 12.8 Å². The average molecular weight is 511 g/mol. The number of hydrogen-bond acceptors (Lipinski definition) is 2. The van der Waals surface area contributed by atoms with Crippen molar-refractivity contribution in [3.63, 3.8) is 0 Å². The molecule has 0 bridgehead atoms. The first kappa shape index (κ1) is 33.2. The third-order valence-electron chi connectivity index (χ3n) is 3.54. The summed E-state index contributed by atoms with van der Waals surface area (Å²) in [5, 5.41) is 0. The van der Waals surface area contributed by atoms with E-state index < -0.39 is 67.4 Å². The van der Waals surface area contributed by atoms with Gasteiger partial charge >= 0.3 is 35.8 Å². The van der Waals surface area contributed by atoms with E-state index in [9.17, 15) is 61.5 Å². The summed E-state index contributed by atoms with van der Waals surface area (Å²) in [4.78, 5) is 0. The summed E-state index contributed by atoms with van der Waals surface area (Å²) in [6.07, 6.45) is -12.2. The SMILES string of the molecule is Cl.Cl.NCCC(F)(F)C(F)(F)C(F)(F)C(F)(F)C(F)(F)C(F)(CCN)C(F)(F)F. The Balaban J connectivity index is -0.00000338. The lowest BCUT2D eigenvalue weighted by Crippen LogP contribution is -2.73. The minimum absolute atomic E-state index is 0. The molecule has 0 aromatic heterocycles. The third-order valence-corrected chi connectivity index (χ3v) is 3.54. The number of alkyl halides is 14. The van der Waals surface area contributed by atoms with Gasteiger partial charge in [0.2, 0.25) is 0 Å². The molecule has 0 aromatic rings. The minimum Gasteiger partial charge on any atom is -0.330 e. The standard InChI is InChI=1S/C11H12F14N2.2ClH/c12-5(1-3-26,11(23,24)25)7(15,16)9(19,20)10(21,22)8(17,18)6(13,14)2-4-27;;/h1-4,26-27H2;2*1H. The normalized spacial score (nSPS) is 16.6. The van der Waals surface area contributed by atoms with Crippen molar-refractivity contribution in [3.05, 3.63) is 0 Å². The number of nitrogens with two attached hydrogens (primary N) is 2. The van der Waals surface area contributed by atoms with E-state index in [4.69, 9.17) is 0 Å². The van der Waals surface area contributed by atoms with Gasteiger partial charge in [-0.2, -0.15) is 57.1 Å². The molecule has 0 rings (SSSR count). The molecular weight excluding hydrogens is 497 g/mol. The maximum Gasteiger partial charge on any atom is 0.428 e. The highest BCUT2D eigenvalue weighted by atomic mass is 35.5. The van der Waals surface area contributed by atoms with Crippen LogP contribution in [0.1, 0.15) is 12.8 Å². The lowest BCUT2D eigenvalue weighted by Gasteiger charge is -2.44. The Kier molecular flexibility index (Phi) is 10.7. The summed E-state index contributed by atoms with van der Waals surface area (Å²) in [6, 6.07) is 0. The van der Waals surface area contributed by atoms with Crippen molar-refractivity contribution in [2.24, 2.45) is 11.5 Å². The van der Waals surface area contributed by atoms with Gasteiger partial charge in [0.25, 0.3) is 5.67 Å². The van der Waals surface area contributed by atoms with Gasteiger partial charge in [-0.05, 0) is 13.1 Å². The van der Waals surface area contributed by atoms with Crippen LogP contribution in [-0.2, 0) is 0 Å². The summed E-state index contributed by atoms with van der Waals surface area (Å²) in [6.45, 7) is -3.27. The first-order chi connectivity index (χ1) is 11.6. The van der Waals surface area contributed by atoms with Crippen LogP contribution in [0.25, 0.3) is 0 Å². The van der Waals surface area contributed by atoms with Crippen LogP contribution in [0.2, 0.25) is 0 Å².